The zero-order valence-electron chi connectivity index (χ0n) is 19.6. The minimum Gasteiger partial charge on any atom is -0.353 e. The Labute approximate surface area is 215 Å². The molecule has 0 aliphatic carbocycles. The number of nitrogens with one attached hydrogen (secondary N) is 1. The van der Waals surface area contributed by atoms with Crippen molar-refractivity contribution < 1.29 is 0 Å². The molecule has 0 saturated carbocycles. The zero-order valence-corrected chi connectivity index (χ0v) is 22.0. The van der Waals surface area contributed by atoms with Crippen molar-refractivity contribution in [1.29, 1.82) is 0 Å². The fourth-order valence-corrected chi connectivity index (χ4v) is 5.93. The number of anilines is 1. The lowest BCUT2D eigenvalue weighted by Gasteiger charge is -2.47. The van der Waals surface area contributed by atoms with Crippen LogP contribution in [0.1, 0.15) is 31.7 Å². The molecule has 1 N–H and O–H groups in total. The maximum atomic E-state index is 6.68. The van der Waals surface area contributed by atoms with Crippen LogP contribution >= 0.6 is 27.5 Å². The van der Waals surface area contributed by atoms with Gasteiger partial charge in [0.25, 0.3) is 0 Å². The van der Waals surface area contributed by atoms with Gasteiger partial charge in [-0.3, -0.25) is 9.80 Å². The number of nitrogens with zero attached hydrogens (tertiary/aromatic N) is 5. The van der Waals surface area contributed by atoms with Crippen LogP contribution in [0.3, 0.4) is 0 Å². The molecule has 1 aromatic carbocycles. The quantitative estimate of drug-likeness (QED) is 0.448. The summed E-state index contributed by atoms with van der Waals surface area (Å²) in [6, 6.07) is 11.9. The second-order valence-electron chi connectivity index (χ2n) is 9.35. The van der Waals surface area contributed by atoms with Crippen molar-refractivity contribution in [2.75, 3.05) is 37.6 Å². The van der Waals surface area contributed by atoms with E-state index in [0.29, 0.717) is 17.1 Å². The molecule has 1 atom stereocenters. The average Bonchev–Trinajstić information content (AvgIpc) is 3.41. The first-order valence-corrected chi connectivity index (χ1v) is 13.4. The highest BCUT2D eigenvalue weighted by atomic mass is 79.9. The van der Waals surface area contributed by atoms with Gasteiger partial charge in [0.05, 0.1) is 5.02 Å². The van der Waals surface area contributed by atoms with Crippen molar-refractivity contribution in [3.05, 3.63) is 64.0 Å². The van der Waals surface area contributed by atoms with Gasteiger partial charge < -0.3 is 9.88 Å². The van der Waals surface area contributed by atoms with E-state index in [0.717, 1.165) is 54.3 Å². The number of rotatable bonds is 6. The van der Waals surface area contributed by atoms with Crippen molar-refractivity contribution in [3.63, 3.8) is 0 Å². The molecular weight excluding hydrogens is 512 g/mol. The standard InChI is InChI=1S/C26H32BrClN6/c1-2-22-18-33(26-24(28)15-20(16-31-26)25-29-9-10-30-25)13-14-34(22)23-7-11-32(12-8-23)17-19-3-5-21(27)6-4-19/h3-6,9-10,15-16,22-23H,2,7-8,11-14,17-18H2,1H3,(H,29,30)/t22-/m0/s1. The molecule has 0 amide bonds. The van der Waals surface area contributed by atoms with Crippen LogP contribution in [-0.4, -0.2) is 69.6 Å². The van der Waals surface area contributed by atoms with Gasteiger partial charge in [-0.05, 0) is 56.1 Å². The normalized spacial score (nSPS) is 20.7. The third kappa shape index (κ3) is 5.33. The summed E-state index contributed by atoms with van der Waals surface area (Å²) in [5, 5.41) is 0.693. The predicted octanol–water partition coefficient (Wildman–Crippen LogP) is 5.45. The fourth-order valence-electron chi connectivity index (χ4n) is 5.38. The average molecular weight is 544 g/mol. The van der Waals surface area contributed by atoms with E-state index in [9.17, 15) is 0 Å². The van der Waals surface area contributed by atoms with Gasteiger partial charge in [0, 0.05) is 66.9 Å². The molecule has 2 fully saturated rings. The molecular formula is C26H32BrClN6. The Morgan fingerprint density at radius 2 is 1.88 bits per heavy atom. The van der Waals surface area contributed by atoms with Crippen LogP contribution in [0.4, 0.5) is 5.82 Å². The Balaban J connectivity index is 1.18. The first-order valence-electron chi connectivity index (χ1n) is 12.2. The van der Waals surface area contributed by atoms with Crippen LogP contribution < -0.4 is 4.90 Å². The second kappa shape index (κ2) is 10.8. The topological polar surface area (TPSA) is 51.3 Å². The van der Waals surface area contributed by atoms with Crippen molar-refractivity contribution in [2.45, 2.75) is 44.8 Å². The summed E-state index contributed by atoms with van der Waals surface area (Å²) in [6.07, 6.45) is 9.04. The van der Waals surface area contributed by atoms with Gasteiger partial charge >= 0.3 is 0 Å². The Morgan fingerprint density at radius 1 is 1.09 bits per heavy atom. The Morgan fingerprint density at radius 3 is 2.56 bits per heavy atom. The third-order valence-corrected chi connectivity index (χ3v) is 8.04. The Hall–Kier alpha value is -1.93. The lowest BCUT2D eigenvalue weighted by atomic mass is 9.98. The maximum absolute atomic E-state index is 6.68. The molecule has 8 heteroatoms. The van der Waals surface area contributed by atoms with Crippen molar-refractivity contribution in [3.8, 4) is 11.4 Å². The fraction of sp³-hybridized carbons (Fsp3) is 0.462. The Bertz CT molecular complexity index is 1070. The van der Waals surface area contributed by atoms with Gasteiger partial charge in [-0.2, -0.15) is 0 Å². The summed E-state index contributed by atoms with van der Waals surface area (Å²) >= 11 is 10.2. The second-order valence-corrected chi connectivity index (χ2v) is 10.7. The number of aromatic amines is 1. The molecule has 4 heterocycles. The largest absolute Gasteiger partial charge is 0.353 e. The number of halogens is 2. The van der Waals surface area contributed by atoms with Crippen LogP contribution in [-0.2, 0) is 6.54 Å². The molecule has 0 spiro atoms. The number of aromatic nitrogens is 3. The van der Waals surface area contributed by atoms with Crippen LogP contribution in [0.15, 0.2) is 53.4 Å². The van der Waals surface area contributed by atoms with Crippen LogP contribution in [0.5, 0.6) is 0 Å². The number of benzene rings is 1. The number of pyridine rings is 1. The molecule has 180 valence electrons. The molecule has 2 aromatic heterocycles. The SMILES string of the molecule is CC[C@H]1CN(c2ncc(-c3ncc[nH]3)cc2Cl)CCN1C1CCN(Cc2ccc(Br)cc2)CC1. The molecule has 2 saturated heterocycles. The number of hydrogen-bond acceptors (Lipinski definition) is 5. The summed E-state index contributed by atoms with van der Waals surface area (Å²) in [6.45, 7) is 8.68. The summed E-state index contributed by atoms with van der Waals surface area (Å²) in [5.74, 6) is 1.68. The monoisotopic (exact) mass is 542 g/mol. The van der Waals surface area contributed by atoms with Gasteiger partial charge in [0.1, 0.15) is 11.6 Å². The van der Waals surface area contributed by atoms with Gasteiger partial charge in [-0.15, -0.1) is 0 Å². The molecule has 3 aromatic rings. The molecule has 2 aliphatic heterocycles. The van der Waals surface area contributed by atoms with E-state index < -0.39 is 0 Å². The molecule has 0 unspecified atom stereocenters. The van der Waals surface area contributed by atoms with Gasteiger partial charge in [0.2, 0.25) is 0 Å². The van der Waals surface area contributed by atoms with E-state index in [1.165, 1.54) is 31.5 Å². The first-order chi connectivity index (χ1) is 16.6. The summed E-state index contributed by atoms with van der Waals surface area (Å²) < 4.78 is 1.14. The van der Waals surface area contributed by atoms with E-state index in [-0.39, 0.29) is 0 Å². The lowest BCUT2D eigenvalue weighted by molar-refractivity contribution is 0.0610. The third-order valence-electron chi connectivity index (χ3n) is 7.24. The molecule has 2 aliphatic rings. The van der Waals surface area contributed by atoms with E-state index in [1.54, 1.807) is 6.20 Å². The van der Waals surface area contributed by atoms with Crippen molar-refractivity contribution >= 4 is 33.3 Å². The van der Waals surface area contributed by atoms with E-state index in [4.69, 9.17) is 16.6 Å². The van der Waals surface area contributed by atoms with Crippen molar-refractivity contribution in [2.24, 2.45) is 0 Å². The summed E-state index contributed by atoms with van der Waals surface area (Å²) in [5.41, 5.74) is 2.31. The number of H-pyrrole nitrogens is 1. The van der Waals surface area contributed by atoms with E-state index in [1.807, 2.05) is 18.5 Å². The highest BCUT2D eigenvalue weighted by molar-refractivity contribution is 9.10. The number of hydrogen-bond donors (Lipinski definition) is 1. The highest BCUT2D eigenvalue weighted by Gasteiger charge is 2.34. The van der Waals surface area contributed by atoms with Crippen molar-refractivity contribution in [1.82, 2.24) is 24.8 Å². The van der Waals surface area contributed by atoms with E-state index in [2.05, 4.69) is 71.8 Å². The van der Waals surface area contributed by atoms with Crippen LogP contribution in [0, 0.1) is 0 Å². The number of likely N-dealkylation sites (tertiary alicyclic amines) is 1. The molecule has 34 heavy (non-hydrogen) atoms. The number of piperidine rings is 1. The molecule has 0 bridgehead atoms. The number of imidazole rings is 1. The van der Waals surface area contributed by atoms with Crippen LogP contribution in [0.25, 0.3) is 11.4 Å². The minimum atomic E-state index is 0.527. The molecule has 6 nitrogen and oxygen atoms in total. The summed E-state index contributed by atoms with van der Waals surface area (Å²) in [7, 11) is 0. The first kappa shape index (κ1) is 23.8. The zero-order chi connectivity index (χ0) is 23.5. The Kier molecular flexibility index (Phi) is 7.54. The lowest BCUT2D eigenvalue weighted by Crippen LogP contribution is -2.58. The smallest absolute Gasteiger partial charge is 0.147 e. The maximum Gasteiger partial charge on any atom is 0.147 e. The minimum absolute atomic E-state index is 0.527. The van der Waals surface area contributed by atoms with Gasteiger partial charge in [-0.25, -0.2) is 9.97 Å². The number of piperazine rings is 1. The summed E-state index contributed by atoms with van der Waals surface area (Å²) in [4.78, 5) is 19.9. The van der Waals surface area contributed by atoms with E-state index >= 15 is 0 Å². The molecule has 0 radical (unpaired) electrons. The predicted molar refractivity (Wildman–Crippen MR) is 142 cm³/mol. The molecule has 5 rings (SSSR count). The van der Waals surface area contributed by atoms with Gasteiger partial charge in [0.15, 0.2) is 0 Å². The van der Waals surface area contributed by atoms with Gasteiger partial charge in [-0.1, -0.05) is 46.6 Å². The highest BCUT2D eigenvalue weighted by Crippen LogP contribution is 2.31. The van der Waals surface area contributed by atoms with Crippen LogP contribution in [0.2, 0.25) is 5.02 Å².